The Morgan fingerprint density at radius 2 is 2.05 bits per heavy atom. The van der Waals surface area contributed by atoms with E-state index in [-0.39, 0.29) is 5.69 Å². The summed E-state index contributed by atoms with van der Waals surface area (Å²) in [6.45, 7) is 6.13. The van der Waals surface area contributed by atoms with E-state index in [2.05, 4.69) is 25.2 Å². The molecule has 0 unspecified atom stereocenters. The van der Waals surface area contributed by atoms with E-state index >= 15 is 0 Å². The fourth-order valence-electron chi connectivity index (χ4n) is 2.62. The molecule has 0 radical (unpaired) electrons. The monoisotopic (exact) mass is 292 g/mol. The van der Waals surface area contributed by atoms with E-state index in [9.17, 15) is 4.79 Å². The first kappa shape index (κ1) is 13.9. The molecule has 114 valence electrons. The molecule has 1 aliphatic rings. The zero-order valence-electron chi connectivity index (χ0n) is 12.3. The molecule has 0 spiro atoms. The summed E-state index contributed by atoms with van der Waals surface area (Å²) in [5.41, 5.74) is 1.16. The summed E-state index contributed by atoms with van der Waals surface area (Å²) in [5, 5.41) is 3.30. The van der Waals surface area contributed by atoms with Crippen LogP contribution in [0.25, 0.3) is 11.2 Å². The lowest BCUT2D eigenvalue weighted by atomic mass is 10.3. The molecule has 1 fully saturated rings. The lowest BCUT2D eigenvalue weighted by Crippen LogP contribution is -2.44. The first-order valence-electron chi connectivity index (χ1n) is 7.24. The van der Waals surface area contributed by atoms with Crippen molar-refractivity contribution in [3.63, 3.8) is 0 Å². The fraction of sp³-hybridized carbons (Fsp3) is 0.615. The average molecular weight is 292 g/mol. The van der Waals surface area contributed by atoms with Crippen molar-refractivity contribution in [1.82, 2.24) is 24.8 Å². The van der Waals surface area contributed by atoms with Gasteiger partial charge in [0.15, 0.2) is 11.5 Å². The lowest BCUT2D eigenvalue weighted by Gasteiger charge is -2.28. The van der Waals surface area contributed by atoms with E-state index in [1.807, 2.05) is 6.92 Å². The molecule has 3 heterocycles. The normalized spacial score (nSPS) is 15.6. The zero-order chi connectivity index (χ0) is 14.8. The molecule has 2 aromatic rings. The number of ether oxygens (including phenoxy) is 1. The average Bonchev–Trinajstić information content (AvgIpc) is 2.84. The third-order valence-electron chi connectivity index (χ3n) is 3.63. The molecule has 2 aromatic heterocycles. The van der Waals surface area contributed by atoms with Gasteiger partial charge < -0.3 is 19.9 Å². The highest BCUT2D eigenvalue weighted by Gasteiger charge is 2.21. The van der Waals surface area contributed by atoms with E-state index in [0.717, 1.165) is 38.4 Å². The predicted octanol–water partition coefficient (Wildman–Crippen LogP) is -0.0522. The number of anilines is 1. The van der Waals surface area contributed by atoms with Gasteiger partial charge in [0.25, 0.3) is 0 Å². The largest absolute Gasteiger partial charge is 0.467 e. The molecule has 0 aliphatic carbocycles. The molecule has 1 aliphatic heterocycles. The topological polar surface area (TPSA) is 88.1 Å². The fourth-order valence-corrected chi connectivity index (χ4v) is 2.62. The van der Waals surface area contributed by atoms with E-state index in [4.69, 9.17) is 4.74 Å². The SMILES string of the molecule is CCCn1c(=O)[nH]c2c(N3CCNCC3)nc(OC)nc21. The first-order valence-corrected chi connectivity index (χ1v) is 7.24. The number of aryl methyl sites for hydroxylation is 1. The summed E-state index contributed by atoms with van der Waals surface area (Å²) in [4.78, 5) is 26.0. The van der Waals surface area contributed by atoms with Crippen molar-refractivity contribution in [1.29, 1.82) is 0 Å². The Hall–Kier alpha value is -2.09. The Bertz CT molecular complexity index is 686. The number of hydrogen-bond acceptors (Lipinski definition) is 6. The van der Waals surface area contributed by atoms with Gasteiger partial charge in [0, 0.05) is 32.7 Å². The number of hydrogen-bond donors (Lipinski definition) is 2. The Balaban J connectivity index is 2.17. The van der Waals surface area contributed by atoms with Gasteiger partial charge in [-0.2, -0.15) is 9.97 Å². The number of H-pyrrole nitrogens is 1. The molecule has 0 aromatic carbocycles. The van der Waals surface area contributed by atoms with Crippen molar-refractivity contribution in [3.8, 4) is 6.01 Å². The van der Waals surface area contributed by atoms with Crippen molar-refractivity contribution in [3.05, 3.63) is 10.5 Å². The number of imidazole rings is 1. The van der Waals surface area contributed by atoms with Gasteiger partial charge in [-0.15, -0.1) is 0 Å². The van der Waals surface area contributed by atoms with Crippen LogP contribution in [0.15, 0.2) is 4.79 Å². The zero-order valence-corrected chi connectivity index (χ0v) is 12.3. The van der Waals surface area contributed by atoms with Crippen molar-refractivity contribution in [2.24, 2.45) is 0 Å². The second-order valence-electron chi connectivity index (χ2n) is 5.05. The summed E-state index contributed by atoms with van der Waals surface area (Å²) in [6.07, 6.45) is 0.863. The maximum atomic E-state index is 12.1. The van der Waals surface area contributed by atoms with Crippen LogP contribution in [0.3, 0.4) is 0 Å². The molecule has 8 heteroatoms. The highest BCUT2D eigenvalue weighted by Crippen LogP contribution is 2.24. The van der Waals surface area contributed by atoms with Gasteiger partial charge >= 0.3 is 11.7 Å². The third kappa shape index (κ3) is 2.46. The molecule has 2 N–H and O–H groups in total. The molecule has 3 rings (SSSR count). The summed E-state index contributed by atoms with van der Waals surface area (Å²) >= 11 is 0. The molecule has 0 atom stereocenters. The van der Waals surface area contributed by atoms with Crippen molar-refractivity contribution in [2.45, 2.75) is 19.9 Å². The van der Waals surface area contributed by atoms with Gasteiger partial charge in [-0.05, 0) is 6.42 Å². The van der Waals surface area contributed by atoms with Gasteiger partial charge in [-0.3, -0.25) is 4.57 Å². The van der Waals surface area contributed by atoms with Gasteiger partial charge in [-0.1, -0.05) is 6.92 Å². The van der Waals surface area contributed by atoms with Crippen molar-refractivity contribution in [2.75, 3.05) is 38.2 Å². The molecule has 1 saturated heterocycles. The van der Waals surface area contributed by atoms with Crippen LogP contribution in [0.2, 0.25) is 0 Å². The summed E-state index contributed by atoms with van der Waals surface area (Å²) in [6, 6.07) is 0.292. The van der Waals surface area contributed by atoms with Crippen LogP contribution in [-0.2, 0) is 6.54 Å². The van der Waals surface area contributed by atoms with Gasteiger partial charge in [0.05, 0.1) is 7.11 Å². The van der Waals surface area contributed by atoms with Gasteiger partial charge in [-0.25, -0.2) is 4.79 Å². The quantitative estimate of drug-likeness (QED) is 0.821. The molecular weight excluding hydrogens is 272 g/mol. The Kier molecular flexibility index (Phi) is 3.78. The number of aromatic amines is 1. The summed E-state index contributed by atoms with van der Waals surface area (Å²) in [7, 11) is 1.54. The van der Waals surface area contributed by atoms with E-state index in [0.29, 0.717) is 23.7 Å². The molecule has 8 nitrogen and oxygen atoms in total. The van der Waals surface area contributed by atoms with Crippen LogP contribution < -0.4 is 20.6 Å². The second kappa shape index (κ2) is 5.72. The van der Waals surface area contributed by atoms with Crippen LogP contribution in [0.1, 0.15) is 13.3 Å². The Morgan fingerprint density at radius 1 is 1.29 bits per heavy atom. The van der Waals surface area contributed by atoms with Gasteiger partial charge in [0.1, 0.15) is 5.52 Å². The predicted molar refractivity (Wildman–Crippen MR) is 80.1 cm³/mol. The van der Waals surface area contributed by atoms with Gasteiger partial charge in [0.2, 0.25) is 0 Å². The van der Waals surface area contributed by atoms with E-state index in [1.165, 1.54) is 7.11 Å². The number of rotatable bonds is 4. The summed E-state index contributed by atoms with van der Waals surface area (Å²) < 4.78 is 6.85. The highest BCUT2D eigenvalue weighted by atomic mass is 16.5. The molecular formula is C13H20N6O2. The number of nitrogens with one attached hydrogen (secondary N) is 2. The number of methoxy groups -OCH3 is 1. The highest BCUT2D eigenvalue weighted by molar-refractivity contribution is 5.84. The maximum absolute atomic E-state index is 12.1. The molecule has 0 bridgehead atoms. The summed E-state index contributed by atoms with van der Waals surface area (Å²) in [5.74, 6) is 0.741. The molecule has 0 saturated carbocycles. The van der Waals surface area contributed by atoms with Crippen molar-refractivity contribution < 1.29 is 4.74 Å². The molecule has 0 amide bonds. The number of aromatic nitrogens is 4. The van der Waals surface area contributed by atoms with Crippen LogP contribution in [-0.4, -0.2) is 52.8 Å². The third-order valence-corrected chi connectivity index (χ3v) is 3.63. The van der Waals surface area contributed by atoms with Crippen LogP contribution in [0, 0.1) is 0 Å². The number of fused-ring (bicyclic) bond motifs is 1. The number of nitrogens with zero attached hydrogens (tertiary/aromatic N) is 4. The van der Waals surface area contributed by atoms with Crippen molar-refractivity contribution >= 4 is 17.0 Å². The van der Waals surface area contributed by atoms with Crippen LogP contribution in [0.5, 0.6) is 6.01 Å². The maximum Gasteiger partial charge on any atom is 0.327 e. The standard InChI is InChI=1S/C13H20N6O2/c1-3-6-19-11-9(15-13(19)20)10(16-12(17-11)21-2)18-7-4-14-5-8-18/h14H,3-8H2,1-2H3,(H,15,20). The first-order chi connectivity index (χ1) is 10.2. The van der Waals surface area contributed by atoms with Crippen LogP contribution >= 0.6 is 0 Å². The minimum atomic E-state index is -0.147. The van der Waals surface area contributed by atoms with E-state index < -0.39 is 0 Å². The lowest BCUT2D eigenvalue weighted by molar-refractivity contribution is 0.380. The Morgan fingerprint density at radius 3 is 2.71 bits per heavy atom. The smallest absolute Gasteiger partial charge is 0.327 e. The molecule has 21 heavy (non-hydrogen) atoms. The minimum absolute atomic E-state index is 0.147. The second-order valence-corrected chi connectivity index (χ2v) is 5.05. The van der Waals surface area contributed by atoms with Crippen LogP contribution in [0.4, 0.5) is 5.82 Å². The Labute approximate surface area is 122 Å². The number of piperazine rings is 1. The van der Waals surface area contributed by atoms with E-state index in [1.54, 1.807) is 4.57 Å². The minimum Gasteiger partial charge on any atom is -0.467 e.